The maximum absolute atomic E-state index is 12.4. The van der Waals surface area contributed by atoms with Crippen LogP contribution in [0.4, 0.5) is 0 Å². The van der Waals surface area contributed by atoms with E-state index in [1.54, 1.807) is 0 Å². The first-order valence-corrected chi connectivity index (χ1v) is 12.1. The Hall–Kier alpha value is -2.87. The highest BCUT2D eigenvalue weighted by Crippen LogP contribution is 2.22. The largest absolute Gasteiger partial charge is 0.462 e. The van der Waals surface area contributed by atoms with Gasteiger partial charge in [0.05, 0.1) is 12.2 Å². The van der Waals surface area contributed by atoms with Gasteiger partial charge < -0.3 is 4.74 Å². The van der Waals surface area contributed by atoms with Gasteiger partial charge in [-0.1, -0.05) is 106 Å². The minimum absolute atomic E-state index is 0.262. The normalized spacial score (nSPS) is 13.0. The average molecular weight is 429 g/mol. The Morgan fingerprint density at radius 2 is 1.50 bits per heavy atom. The minimum Gasteiger partial charge on any atom is -0.462 e. The van der Waals surface area contributed by atoms with Crippen molar-refractivity contribution >= 4 is 5.97 Å². The van der Waals surface area contributed by atoms with E-state index < -0.39 is 0 Å². The van der Waals surface area contributed by atoms with E-state index >= 15 is 0 Å². The lowest BCUT2D eigenvalue weighted by atomic mass is 10.00. The van der Waals surface area contributed by atoms with Crippen LogP contribution >= 0.6 is 0 Å². The Labute approximate surface area is 193 Å². The summed E-state index contributed by atoms with van der Waals surface area (Å²) in [6.45, 7) is 2.66. The highest BCUT2D eigenvalue weighted by molar-refractivity contribution is 5.90. The molecule has 0 saturated heterocycles. The molecule has 168 valence electrons. The van der Waals surface area contributed by atoms with Gasteiger partial charge in [0.2, 0.25) is 0 Å². The molecule has 1 aliphatic carbocycles. The second kappa shape index (κ2) is 13.5. The molecule has 2 aromatic carbocycles. The predicted octanol–water partition coefficient (Wildman–Crippen LogP) is 8.25. The van der Waals surface area contributed by atoms with Gasteiger partial charge in [0, 0.05) is 6.42 Å². The van der Waals surface area contributed by atoms with Crippen molar-refractivity contribution in [3.63, 3.8) is 0 Å². The first-order valence-electron chi connectivity index (χ1n) is 12.1. The number of unbranched alkanes of at least 4 members (excludes halogenated alkanes) is 5. The Morgan fingerprint density at radius 1 is 0.812 bits per heavy atom. The lowest BCUT2D eigenvalue weighted by Gasteiger charge is -2.08. The molecule has 0 fully saturated rings. The molecule has 0 N–H and O–H groups in total. The number of rotatable bonds is 12. The standard InChI is InChI=1S/C30H36O2/c1-2-3-4-5-6-9-14-26-15-17-27(18-16-26)28-19-21-29(22-20-28)30(31)32-24-23-25-12-10-7-8-11-13-25/h7-8,10,12-13,15-22H,2-6,9,11,14,23-24H2,1H3. The van der Waals surface area contributed by atoms with E-state index in [0.717, 1.165) is 24.8 Å². The number of ether oxygens (including phenoxy) is 1. The summed E-state index contributed by atoms with van der Waals surface area (Å²) in [5, 5.41) is 0. The zero-order valence-corrected chi connectivity index (χ0v) is 19.4. The van der Waals surface area contributed by atoms with Gasteiger partial charge in [-0.05, 0) is 53.7 Å². The fourth-order valence-corrected chi connectivity index (χ4v) is 3.93. The van der Waals surface area contributed by atoms with E-state index in [2.05, 4.69) is 49.4 Å². The zero-order valence-electron chi connectivity index (χ0n) is 19.4. The van der Waals surface area contributed by atoms with Crippen LogP contribution in [0, 0.1) is 0 Å². The molecule has 3 rings (SSSR count). The second-order valence-electron chi connectivity index (χ2n) is 8.48. The Morgan fingerprint density at radius 3 is 2.25 bits per heavy atom. The summed E-state index contributed by atoms with van der Waals surface area (Å²) in [5.41, 5.74) is 5.50. The SMILES string of the molecule is CCCCCCCCc1ccc(-c2ccc(C(=O)OCCC3=CCC=CC=C3)cc2)cc1. The van der Waals surface area contributed by atoms with Crippen LogP contribution in [0.1, 0.15) is 74.2 Å². The lowest BCUT2D eigenvalue weighted by Crippen LogP contribution is -2.06. The molecule has 32 heavy (non-hydrogen) atoms. The molecule has 0 aromatic heterocycles. The van der Waals surface area contributed by atoms with Gasteiger partial charge in [0.1, 0.15) is 0 Å². The van der Waals surface area contributed by atoms with Crippen molar-refractivity contribution in [2.45, 2.75) is 64.7 Å². The first-order chi connectivity index (χ1) is 15.8. The number of esters is 1. The van der Waals surface area contributed by atoms with Gasteiger partial charge in [-0.3, -0.25) is 0 Å². The number of hydrogen-bond acceptors (Lipinski definition) is 2. The molecule has 2 heteroatoms. The van der Waals surface area contributed by atoms with Gasteiger partial charge >= 0.3 is 5.97 Å². The number of carbonyl (C=O) groups excluding carboxylic acids is 1. The predicted molar refractivity (Wildman–Crippen MR) is 135 cm³/mol. The van der Waals surface area contributed by atoms with Gasteiger partial charge in [-0.25, -0.2) is 4.79 Å². The van der Waals surface area contributed by atoms with Crippen LogP contribution in [0.5, 0.6) is 0 Å². The van der Waals surface area contributed by atoms with Crippen LogP contribution in [0.2, 0.25) is 0 Å². The van der Waals surface area contributed by atoms with Crippen molar-refractivity contribution in [3.05, 3.63) is 95.6 Å². The molecule has 0 aliphatic heterocycles. The summed E-state index contributed by atoms with van der Waals surface area (Å²) < 4.78 is 5.47. The van der Waals surface area contributed by atoms with Crippen molar-refractivity contribution in [2.24, 2.45) is 0 Å². The third-order valence-corrected chi connectivity index (χ3v) is 5.92. The maximum atomic E-state index is 12.4. The molecular formula is C30H36O2. The van der Waals surface area contributed by atoms with Crippen molar-refractivity contribution in [1.29, 1.82) is 0 Å². The quantitative estimate of drug-likeness (QED) is 0.251. The van der Waals surface area contributed by atoms with E-state index in [1.165, 1.54) is 55.2 Å². The zero-order chi connectivity index (χ0) is 22.4. The summed E-state index contributed by atoms with van der Waals surface area (Å²) in [5.74, 6) is -0.262. The van der Waals surface area contributed by atoms with Crippen LogP contribution < -0.4 is 0 Å². The number of benzene rings is 2. The second-order valence-corrected chi connectivity index (χ2v) is 8.48. The van der Waals surface area contributed by atoms with Crippen molar-refractivity contribution < 1.29 is 9.53 Å². The third-order valence-electron chi connectivity index (χ3n) is 5.92. The van der Waals surface area contributed by atoms with E-state index in [-0.39, 0.29) is 5.97 Å². The van der Waals surface area contributed by atoms with Crippen LogP contribution in [0.15, 0.2) is 84.5 Å². The van der Waals surface area contributed by atoms with E-state index in [0.29, 0.717) is 12.2 Å². The topological polar surface area (TPSA) is 26.3 Å². The number of allylic oxidation sites excluding steroid dienone is 5. The van der Waals surface area contributed by atoms with Crippen molar-refractivity contribution in [1.82, 2.24) is 0 Å². The Balaban J connectivity index is 1.44. The molecule has 0 unspecified atom stereocenters. The number of aryl methyl sites for hydroxylation is 1. The summed E-state index contributed by atoms with van der Waals surface area (Å²) >= 11 is 0. The summed E-state index contributed by atoms with van der Waals surface area (Å²) in [4.78, 5) is 12.4. The molecule has 0 heterocycles. The smallest absolute Gasteiger partial charge is 0.338 e. The van der Waals surface area contributed by atoms with Crippen LogP contribution in [0.25, 0.3) is 11.1 Å². The molecule has 1 aliphatic rings. The third kappa shape index (κ3) is 8.00. The molecule has 0 radical (unpaired) electrons. The minimum atomic E-state index is -0.262. The molecule has 0 amide bonds. The Bertz CT molecular complexity index is 914. The monoisotopic (exact) mass is 428 g/mol. The molecule has 2 nitrogen and oxygen atoms in total. The lowest BCUT2D eigenvalue weighted by molar-refractivity contribution is 0.0510. The molecule has 0 atom stereocenters. The molecule has 0 bridgehead atoms. The summed E-state index contributed by atoms with van der Waals surface area (Å²) in [6.07, 6.45) is 21.2. The average Bonchev–Trinajstić information content (AvgIpc) is 3.11. The molecule has 0 spiro atoms. The van der Waals surface area contributed by atoms with Crippen LogP contribution in [-0.2, 0) is 11.2 Å². The van der Waals surface area contributed by atoms with E-state index in [9.17, 15) is 4.79 Å². The maximum Gasteiger partial charge on any atom is 0.338 e. The summed E-state index contributed by atoms with van der Waals surface area (Å²) in [7, 11) is 0. The van der Waals surface area contributed by atoms with Gasteiger partial charge in [-0.15, -0.1) is 0 Å². The van der Waals surface area contributed by atoms with E-state index in [1.807, 2.05) is 36.4 Å². The molecule has 0 saturated carbocycles. The highest BCUT2D eigenvalue weighted by Gasteiger charge is 2.08. The van der Waals surface area contributed by atoms with E-state index in [4.69, 9.17) is 4.74 Å². The van der Waals surface area contributed by atoms with Gasteiger partial charge in [-0.2, -0.15) is 0 Å². The van der Waals surface area contributed by atoms with Crippen molar-refractivity contribution in [2.75, 3.05) is 6.61 Å². The van der Waals surface area contributed by atoms with Crippen LogP contribution in [-0.4, -0.2) is 12.6 Å². The fraction of sp³-hybridized carbons (Fsp3) is 0.367. The number of hydrogen-bond donors (Lipinski definition) is 0. The fourth-order valence-electron chi connectivity index (χ4n) is 3.93. The highest BCUT2D eigenvalue weighted by atomic mass is 16.5. The molecular weight excluding hydrogens is 392 g/mol. The molecule has 2 aromatic rings. The number of carbonyl (C=O) groups is 1. The first kappa shape index (κ1) is 23.8. The van der Waals surface area contributed by atoms with Crippen LogP contribution in [0.3, 0.4) is 0 Å². The summed E-state index contributed by atoms with van der Waals surface area (Å²) in [6, 6.07) is 16.5. The van der Waals surface area contributed by atoms with Gasteiger partial charge in [0.15, 0.2) is 0 Å². The van der Waals surface area contributed by atoms with Gasteiger partial charge in [0.25, 0.3) is 0 Å². The Kier molecular flexibility index (Phi) is 10.1. The van der Waals surface area contributed by atoms with Crippen molar-refractivity contribution in [3.8, 4) is 11.1 Å².